The Kier molecular flexibility index (Phi) is 7.99. The first-order chi connectivity index (χ1) is 14.7. The van der Waals surface area contributed by atoms with Crippen molar-refractivity contribution in [2.75, 3.05) is 45.9 Å². The van der Waals surface area contributed by atoms with Gasteiger partial charge in [0.1, 0.15) is 12.3 Å². The number of allylic oxidation sites excluding steroid dienone is 3. The Morgan fingerprint density at radius 1 is 1.10 bits per heavy atom. The second-order valence-corrected chi connectivity index (χ2v) is 9.49. The van der Waals surface area contributed by atoms with E-state index in [0.29, 0.717) is 19.1 Å². The molecular formula is C24H39N3O3. The van der Waals surface area contributed by atoms with E-state index in [2.05, 4.69) is 28.0 Å². The highest BCUT2D eigenvalue weighted by atomic mass is 16.6. The third-order valence-corrected chi connectivity index (χ3v) is 7.38. The Morgan fingerprint density at radius 3 is 2.53 bits per heavy atom. The Bertz CT molecular complexity index is 613. The van der Waals surface area contributed by atoms with Gasteiger partial charge in [-0.3, -0.25) is 9.69 Å². The smallest absolute Gasteiger partial charge is 0.221 e. The lowest BCUT2D eigenvalue weighted by atomic mass is 9.82. The maximum absolute atomic E-state index is 12.1. The largest absolute Gasteiger partial charge is 0.369 e. The molecule has 2 aliphatic heterocycles. The van der Waals surface area contributed by atoms with Crippen molar-refractivity contribution in [3.8, 4) is 0 Å². The average Bonchev–Trinajstić information content (AvgIpc) is 2.80. The molecule has 2 heterocycles. The molecule has 0 spiro atoms. The molecule has 0 aromatic carbocycles. The van der Waals surface area contributed by atoms with Crippen LogP contribution >= 0.6 is 0 Å². The number of carbonyl (C=O) groups is 1. The zero-order chi connectivity index (χ0) is 20.8. The van der Waals surface area contributed by atoms with E-state index in [1.807, 2.05) is 0 Å². The number of hydrogen-bond acceptors (Lipinski definition) is 5. The maximum Gasteiger partial charge on any atom is 0.221 e. The fraction of sp³-hybridized carbons (Fsp3) is 0.792. The van der Waals surface area contributed by atoms with E-state index in [-0.39, 0.29) is 24.2 Å². The monoisotopic (exact) mass is 417 g/mol. The van der Waals surface area contributed by atoms with E-state index < -0.39 is 0 Å². The van der Waals surface area contributed by atoms with Crippen LogP contribution in [0.1, 0.15) is 51.4 Å². The van der Waals surface area contributed by atoms with E-state index >= 15 is 0 Å². The summed E-state index contributed by atoms with van der Waals surface area (Å²) < 4.78 is 12.3. The molecule has 6 nitrogen and oxygen atoms in total. The normalized spacial score (nSPS) is 30.7. The molecule has 3 atom stereocenters. The van der Waals surface area contributed by atoms with Crippen LogP contribution < -0.4 is 5.73 Å². The molecule has 1 amide bonds. The predicted molar refractivity (Wildman–Crippen MR) is 118 cm³/mol. The van der Waals surface area contributed by atoms with Gasteiger partial charge in [0.15, 0.2) is 0 Å². The minimum Gasteiger partial charge on any atom is -0.369 e. The highest BCUT2D eigenvalue weighted by Gasteiger charge is 2.32. The van der Waals surface area contributed by atoms with Crippen LogP contribution in [-0.4, -0.2) is 74.0 Å². The van der Waals surface area contributed by atoms with Gasteiger partial charge in [-0.05, 0) is 30.8 Å². The maximum atomic E-state index is 12.1. The van der Waals surface area contributed by atoms with E-state index in [0.717, 1.165) is 52.0 Å². The van der Waals surface area contributed by atoms with Crippen molar-refractivity contribution in [3.05, 3.63) is 23.8 Å². The Morgan fingerprint density at radius 2 is 1.90 bits per heavy atom. The molecule has 0 aromatic heterocycles. The van der Waals surface area contributed by atoms with Crippen LogP contribution in [0.25, 0.3) is 0 Å². The molecule has 168 valence electrons. The van der Waals surface area contributed by atoms with Crippen molar-refractivity contribution in [1.82, 2.24) is 9.80 Å². The molecule has 1 saturated carbocycles. The summed E-state index contributed by atoms with van der Waals surface area (Å²) in [6.07, 6.45) is 16.3. The summed E-state index contributed by atoms with van der Waals surface area (Å²) in [6, 6.07) is 0. The van der Waals surface area contributed by atoms with Gasteiger partial charge in [0.05, 0.1) is 19.1 Å². The number of carbonyl (C=O) groups excluding carboxylic acids is 1. The van der Waals surface area contributed by atoms with Crippen molar-refractivity contribution in [1.29, 1.82) is 0 Å². The zero-order valence-electron chi connectivity index (χ0n) is 18.3. The minimum atomic E-state index is -0.120. The van der Waals surface area contributed by atoms with Crippen molar-refractivity contribution in [2.24, 2.45) is 17.6 Å². The summed E-state index contributed by atoms with van der Waals surface area (Å²) in [5.41, 5.74) is 7.13. The van der Waals surface area contributed by atoms with E-state index in [9.17, 15) is 4.79 Å². The summed E-state index contributed by atoms with van der Waals surface area (Å²) in [4.78, 5) is 16.9. The van der Waals surface area contributed by atoms with E-state index in [1.54, 1.807) is 0 Å². The van der Waals surface area contributed by atoms with Crippen LogP contribution in [0.3, 0.4) is 0 Å². The van der Waals surface area contributed by atoms with Crippen LogP contribution in [0, 0.1) is 11.8 Å². The molecule has 6 heteroatoms. The van der Waals surface area contributed by atoms with E-state index in [1.165, 1.54) is 37.7 Å². The fourth-order valence-corrected chi connectivity index (χ4v) is 5.46. The molecule has 3 fully saturated rings. The van der Waals surface area contributed by atoms with Gasteiger partial charge in [0.25, 0.3) is 0 Å². The summed E-state index contributed by atoms with van der Waals surface area (Å²) in [7, 11) is 0. The van der Waals surface area contributed by atoms with Gasteiger partial charge in [-0.25, -0.2) is 0 Å². The van der Waals surface area contributed by atoms with Crippen LogP contribution in [0.5, 0.6) is 0 Å². The van der Waals surface area contributed by atoms with Gasteiger partial charge in [-0.15, -0.1) is 0 Å². The lowest BCUT2D eigenvalue weighted by molar-refractivity contribution is -0.182. The molecule has 2 N–H and O–H groups in total. The van der Waals surface area contributed by atoms with E-state index in [4.69, 9.17) is 15.2 Å². The number of ether oxygens (including phenoxy) is 2. The molecular weight excluding hydrogens is 378 g/mol. The molecule has 2 aliphatic carbocycles. The first kappa shape index (κ1) is 22.0. The number of piperazine rings is 1. The van der Waals surface area contributed by atoms with Crippen molar-refractivity contribution in [3.63, 3.8) is 0 Å². The van der Waals surface area contributed by atoms with Crippen molar-refractivity contribution >= 4 is 5.91 Å². The summed E-state index contributed by atoms with van der Waals surface area (Å²) >= 11 is 0. The van der Waals surface area contributed by atoms with Gasteiger partial charge in [0.2, 0.25) is 5.91 Å². The minimum absolute atomic E-state index is 0.00695. The molecule has 30 heavy (non-hydrogen) atoms. The van der Waals surface area contributed by atoms with Gasteiger partial charge in [0, 0.05) is 32.7 Å². The van der Waals surface area contributed by atoms with Crippen molar-refractivity contribution < 1.29 is 14.3 Å². The van der Waals surface area contributed by atoms with Crippen LogP contribution in [-0.2, 0) is 14.3 Å². The number of rotatable bonds is 7. The Hall–Kier alpha value is -1.21. The Balaban J connectivity index is 1.19. The quantitative estimate of drug-likeness (QED) is 0.690. The number of primary amides is 1. The standard InChI is InChI=1S/C24H39N3O3/c25-24(28)21(15-19-7-3-1-4-8-19)16-26-11-13-27(14-12-26)23-18-29-22(17-30-23)20-9-5-2-6-10-20/h2,5,9,19,21-23H,1,3-4,6-8,10-18H2,(H2,25,28)/t21-,22?,23?/m1/s1. The third kappa shape index (κ3) is 5.94. The molecule has 2 saturated heterocycles. The molecule has 4 rings (SSSR count). The summed E-state index contributed by atoms with van der Waals surface area (Å²) in [5.74, 6) is 0.561. The van der Waals surface area contributed by atoms with Gasteiger partial charge in [-0.2, -0.15) is 0 Å². The molecule has 4 aliphatic rings. The fourth-order valence-electron chi connectivity index (χ4n) is 5.46. The molecule has 0 aromatic rings. The van der Waals surface area contributed by atoms with Gasteiger partial charge >= 0.3 is 0 Å². The zero-order valence-corrected chi connectivity index (χ0v) is 18.3. The number of amides is 1. The topological polar surface area (TPSA) is 68.0 Å². The third-order valence-electron chi connectivity index (χ3n) is 7.38. The lowest BCUT2D eigenvalue weighted by Gasteiger charge is -2.42. The predicted octanol–water partition coefficient (Wildman–Crippen LogP) is 2.69. The highest BCUT2D eigenvalue weighted by Crippen LogP contribution is 2.30. The second kappa shape index (κ2) is 10.9. The lowest BCUT2D eigenvalue weighted by Crippen LogP contribution is -2.55. The molecule has 0 radical (unpaired) electrons. The van der Waals surface area contributed by atoms with Gasteiger partial charge < -0.3 is 20.1 Å². The summed E-state index contributed by atoms with van der Waals surface area (Å²) in [5, 5.41) is 0. The number of nitrogens with zero attached hydrogens (tertiary/aromatic N) is 2. The van der Waals surface area contributed by atoms with Crippen LogP contribution in [0.2, 0.25) is 0 Å². The molecule has 0 bridgehead atoms. The SMILES string of the molecule is NC(=O)[C@H](CC1CCCCC1)CN1CCN(C2COC(C3=CC=CCC3)CO2)CC1. The first-order valence-electron chi connectivity index (χ1n) is 12.0. The highest BCUT2D eigenvalue weighted by molar-refractivity contribution is 5.76. The molecule has 2 unspecified atom stereocenters. The van der Waals surface area contributed by atoms with Crippen molar-refractivity contribution in [2.45, 2.75) is 63.7 Å². The summed E-state index contributed by atoms with van der Waals surface area (Å²) in [6.45, 7) is 5.94. The van der Waals surface area contributed by atoms with Crippen LogP contribution in [0.4, 0.5) is 0 Å². The number of hydrogen-bond donors (Lipinski definition) is 1. The van der Waals surface area contributed by atoms with Crippen LogP contribution in [0.15, 0.2) is 23.8 Å². The van der Waals surface area contributed by atoms with Gasteiger partial charge in [-0.1, -0.05) is 50.3 Å². The Labute approximate surface area is 181 Å². The average molecular weight is 418 g/mol. The number of nitrogens with two attached hydrogens (primary N) is 1. The first-order valence-corrected chi connectivity index (χ1v) is 12.0. The second-order valence-electron chi connectivity index (χ2n) is 9.49.